The first kappa shape index (κ1) is 19.0. The summed E-state index contributed by atoms with van der Waals surface area (Å²) in [5, 5.41) is 24.0. The van der Waals surface area contributed by atoms with Crippen molar-refractivity contribution in [1.29, 1.82) is 0 Å². The maximum Gasteiger partial charge on any atom is 0.0722 e. The third-order valence-electron chi connectivity index (χ3n) is 0. The van der Waals surface area contributed by atoms with E-state index in [1.165, 1.54) is 0 Å². The number of hydrogen-bond acceptors (Lipinski definition) is 3. The van der Waals surface area contributed by atoms with Gasteiger partial charge in [0.25, 0.3) is 0 Å². The average molecular weight is 212 g/mol. The molecule has 1 atom stereocenters. The lowest BCUT2D eigenvalue weighted by atomic mass is 10.5. The monoisotopic (exact) mass is 212 g/mol. The Morgan fingerprint density at radius 3 is 0.923 bits per heavy atom. The molecule has 0 fully saturated rings. The number of rotatable bonds is 0. The van der Waals surface area contributed by atoms with E-state index in [1.54, 1.807) is 41.5 Å². The molecule has 0 amide bonds. The molecular weight excluding hydrogens is 187 g/mol. The maximum absolute atomic E-state index is 8.48. The molecule has 0 aromatic heterocycles. The summed E-state index contributed by atoms with van der Waals surface area (Å²) >= 11 is 0. The summed E-state index contributed by atoms with van der Waals surface area (Å²) in [6.45, 7) is 10.3. The molecule has 0 aliphatic rings. The summed E-state index contributed by atoms with van der Waals surface area (Å²) in [4.78, 5) is 0. The van der Waals surface area contributed by atoms with Crippen molar-refractivity contribution in [2.45, 2.75) is 59.1 Å². The molecule has 3 N–H and O–H groups in total. The Hall–Kier alpha value is 0.310. The Bertz CT molecular complexity index is 69.8. The van der Waals surface area contributed by atoms with Crippen LogP contribution in [0, 0.1) is 0 Å². The predicted molar refractivity (Wildman–Crippen MR) is 60.7 cm³/mol. The molecule has 0 spiro atoms. The second kappa shape index (κ2) is 10.4. The molecule has 0 bridgehead atoms. The van der Waals surface area contributed by atoms with Gasteiger partial charge in [-0.3, -0.25) is 0 Å². The van der Waals surface area contributed by atoms with Gasteiger partial charge in [-0.05, 0) is 41.5 Å². The summed E-state index contributed by atoms with van der Waals surface area (Å²) in [6, 6.07) is 0. The van der Waals surface area contributed by atoms with E-state index in [1.807, 2.05) is 0 Å². The second-order valence-electron chi connectivity index (χ2n) is 3.84. The lowest BCUT2D eigenvalue weighted by Crippen LogP contribution is -2.04. The second-order valence-corrected chi connectivity index (χ2v) is 5.25. The van der Waals surface area contributed by atoms with E-state index >= 15 is 0 Å². The van der Waals surface area contributed by atoms with Gasteiger partial charge in [0.2, 0.25) is 0 Å². The fourth-order valence-electron chi connectivity index (χ4n) is 0. The quantitative estimate of drug-likeness (QED) is 0.531. The fraction of sp³-hybridized carbons (Fsp3) is 1.00. The van der Waals surface area contributed by atoms with Crippen LogP contribution in [0.2, 0.25) is 0 Å². The SMILES string of the molecule is CC(C)(O)P.CC(C)O.CC(C)O. The Kier molecular flexibility index (Phi) is 15.2. The zero-order valence-electron chi connectivity index (χ0n) is 9.57. The standard InChI is InChI=1S/C3H9OP.2C3H8O/c1-3(2,4)5;2*1-3(2)4/h4H,5H2,1-2H3;2*3-4H,1-2H3. The molecule has 13 heavy (non-hydrogen) atoms. The van der Waals surface area contributed by atoms with E-state index in [0.717, 1.165) is 0 Å². The predicted octanol–water partition coefficient (Wildman–Crippen LogP) is 1.36. The van der Waals surface area contributed by atoms with Gasteiger partial charge in [-0.1, -0.05) is 0 Å². The van der Waals surface area contributed by atoms with E-state index in [2.05, 4.69) is 9.24 Å². The number of aliphatic hydroxyl groups excluding tert-OH is 2. The van der Waals surface area contributed by atoms with Crippen molar-refractivity contribution in [2.24, 2.45) is 0 Å². The highest BCUT2D eigenvalue weighted by Crippen LogP contribution is 2.08. The van der Waals surface area contributed by atoms with Gasteiger partial charge in [0.1, 0.15) is 0 Å². The van der Waals surface area contributed by atoms with Crippen LogP contribution in [0.5, 0.6) is 0 Å². The largest absolute Gasteiger partial charge is 0.394 e. The van der Waals surface area contributed by atoms with E-state index in [-0.39, 0.29) is 12.2 Å². The van der Waals surface area contributed by atoms with E-state index in [4.69, 9.17) is 15.3 Å². The lowest BCUT2D eigenvalue weighted by molar-refractivity contribution is 0.178. The zero-order valence-corrected chi connectivity index (χ0v) is 10.7. The number of hydrogen-bond donors (Lipinski definition) is 3. The molecule has 0 heterocycles. The molecule has 0 radical (unpaired) electrons. The van der Waals surface area contributed by atoms with E-state index in [0.29, 0.717) is 0 Å². The Morgan fingerprint density at radius 1 is 0.923 bits per heavy atom. The van der Waals surface area contributed by atoms with Gasteiger partial charge in [-0.15, -0.1) is 9.24 Å². The zero-order chi connectivity index (χ0) is 11.7. The lowest BCUT2D eigenvalue weighted by Gasteiger charge is -2.04. The van der Waals surface area contributed by atoms with Gasteiger partial charge in [0.15, 0.2) is 0 Å². The smallest absolute Gasteiger partial charge is 0.0722 e. The molecule has 0 aliphatic heterocycles. The maximum atomic E-state index is 8.48. The van der Waals surface area contributed by atoms with Crippen molar-refractivity contribution in [3.05, 3.63) is 0 Å². The van der Waals surface area contributed by atoms with E-state index < -0.39 is 5.34 Å². The van der Waals surface area contributed by atoms with Crippen molar-refractivity contribution in [1.82, 2.24) is 0 Å². The minimum absolute atomic E-state index is 0.167. The normalized spacial score (nSPS) is 10.2. The fourth-order valence-corrected chi connectivity index (χ4v) is 0. The highest BCUT2D eigenvalue weighted by Gasteiger charge is 1.98. The Labute approximate surface area is 84.4 Å². The third kappa shape index (κ3) is 13600. The van der Waals surface area contributed by atoms with Crippen molar-refractivity contribution in [3.8, 4) is 0 Å². The van der Waals surface area contributed by atoms with Crippen LogP contribution in [0.1, 0.15) is 41.5 Å². The van der Waals surface area contributed by atoms with Crippen LogP contribution in [0.3, 0.4) is 0 Å². The summed E-state index contributed by atoms with van der Waals surface area (Å²) in [5.41, 5.74) is 0. The first-order valence-corrected chi connectivity index (χ1v) is 4.92. The molecule has 0 saturated carbocycles. The average Bonchev–Trinajstić information content (AvgIpc) is 1.50. The highest BCUT2D eigenvalue weighted by molar-refractivity contribution is 7.18. The molecule has 0 aromatic rings. The van der Waals surface area contributed by atoms with Crippen molar-refractivity contribution < 1.29 is 15.3 Å². The topological polar surface area (TPSA) is 60.7 Å². The van der Waals surface area contributed by atoms with Crippen LogP contribution in [0.25, 0.3) is 0 Å². The van der Waals surface area contributed by atoms with Crippen molar-refractivity contribution >= 4 is 9.24 Å². The molecule has 0 saturated heterocycles. The molecule has 84 valence electrons. The summed E-state index contributed by atoms with van der Waals surface area (Å²) in [5.74, 6) is 0. The molecule has 3 nitrogen and oxygen atoms in total. The third-order valence-corrected chi connectivity index (χ3v) is 0. The molecule has 0 aliphatic carbocycles. The van der Waals surface area contributed by atoms with Gasteiger partial charge < -0.3 is 15.3 Å². The first-order valence-electron chi connectivity index (χ1n) is 4.34. The van der Waals surface area contributed by atoms with E-state index in [9.17, 15) is 0 Å². The Morgan fingerprint density at radius 2 is 0.923 bits per heavy atom. The minimum atomic E-state index is -0.583. The number of aliphatic hydroxyl groups is 3. The summed E-state index contributed by atoms with van der Waals surface area (Å²) < 4.78 is 0. The molecule has 4 heteroatoms. The van der Waals surface area contributed by atoms with Gasteiger partial charge in [-0.25, -0.2) is 0 Å². The minimum Gasteiger partial charge on any atom is -0.394 e. The van der Waals surface area contributed by atoms with Crippen molar-refractivity contribution in [2.75, 3.05) is 0 Å². The van der Waals surface area contributed by atoms with Gasteiger partial charge in [0, 0.05) is 12.2 Å². The Balaban J connectivity index is -0.000000117. The van der Waals surface area contributed by atoms with Crippen LogP contribution in [-0.2, 0) is 0 Å². The highest BCUT2D eigenvalue weighted by atomic mass is 31.0. The van der Waals surface area contributed by atoms with Crippen molar-refractivity contribution in [3.63, 3.8) is 0 Å². The summed E-state index contributed by atoms with van der Waals surface area (Å²) in [6.07, 6.45) is -0.333. The van der Waals surface area contributed by atoms with Crippen LogP contribution in [0.15, 0.2) is 0 Å². The summed E-state index contributed by atoms with van der Waals surface area (Å²) in [7, 11) is 2.27. The molecule has 1 unspecified atom stereocenters. The van der Waals surface area contributed by atoms with Gasteiger partial charge in [0.05, 0.1) is 5.34 Å². The molecule has 0 rings (SSSR count). The van der Waals surface area contributed by atoms with Crippen LogP contribution in [0.4, 0.5) is 0 Å². The van der Waals surface area contributed by atoms with Crippen LogP contribution in [-0.4, -0.2) is 32.9 Å². The first-order chi connectivity index (χ1) is 5.46. The van der Waals surface area contributed by atoms with Gasteiger partial charge in [-0.2, -0.15) is 0 Å². The van der Waals surface area contributed by atoms with Crippen LogP contribution >= 0.6 is 9.24 Å². The molecular formula is C9H25O3P. The van der Waals surface area contributed by atoms with Crippen LogP contribution < -0.4 is 0 Å². The molecule has 0 aromatic carbocycles. The van der Waals surface area contributed by atoms with Gasteiger partial charge >= 0.3 is 0 Å².